The van der Waals surface area contributed by atoms with Crippen LogP contribution in [-0.2, 0) is 11.3 Å². The van der Waals surface area contributed by atoms with E-state index >= 15 is 0 Å². The second kappa shape index (κ2) is 9.58. The van der Waals surface area contributed by atoms with Gasteiger partial charge in [-0.1, -0.05) is 30.0 Å². The fourth-order valence-electron chi connectivity index (χ4n) is 3.13. The maximum Gasteiger partial charge on any atom is 0.251 e. The standard InChI is InChI=1S/C23H23N3O2S/c27-23(19-6-10-21(11-7-19)29-22-3-1-2-12-24-22)25-17-18-4-8-20(9-5-18)26-13-15-28-16-14-26/h1-12H,13-17H2,(H,25,27). The number of amides is 1. The summed E-state index contributed by atoms with van der Waals surface area (Å²) in [6.07, 6.45) is 1.78. The molecular weight excluding hydrogens is 382 g/mol. The predicted octanol–water partition coefficient (Wildman–Crippen LogP) is 4.00. The molecule has 0 spiro atoms. The van der Waals surface area contributed by atoms with Gasteiger partial charge in [0.25, 0.3) is 5.91 Å². The summed E-state index contributed by atoms with van der Waals surface area (Å²) >= 11 is 1.58. The van der Waals surface area contributed by atoms with Crippen LogP contribution < -0.4 is 10.2 Å². The number of rotatable bonds is 6. The molecule has 6 heteroatoms. The van der Waals surface area contributed by atoms with Crippen LogP contribution in [0.2, 0.25) is 0 Å². The number of nitrogens with one attached hydrogen (secondary N) is 1. The minimum Gasteiger partial charge on any atom is -0.378 e. The van der Waals surface area contributed by atoms with Gasteiger partial charge in [-0.3, -0.25) is 4.79 Å². The lowest BCUT2D eigenvalue weighted by atomic mass is 10.1. The van der Waals surface area contributed by atoms with E-state index < -0.39 is 0 Å². The molecule has 0 aliphatic carbocycles. The number of morpholine rings is 1. The fraction of sp³-hybridized carbons (Fsp3) is 0.217. The van der Waals surface area contributed by atoms with Crippen molar-refractivity contribution in [2.75, 3.05) is 31.2 Å². The lowest BCUT2D eigenvalue weighted by Crippen LogP contribution is -2.36. The molecule has 1 fully saturated rings. The Morgan fingerprint density at radius 2 is 1.76 bits per heavy atom. The van der Waals surface area contributed by atoms with Crippen molar-refractivity contribution in [1.29, 1.82) is 0 Å². The van der Waals surface area contributed by atoms with E-state index in [2.05, 4.69) is 39.5 Å². The molecular formula is C23H23N3O2S. The van der Waals surface area contributed by atoms with Gasteiger partial charge in [-0.25, -0.2) is 4.98 Å². The van der Waals surface area contributed by atoms with Crippen LogP contribution in [0.1, 0.15) is 15.9 Å². The second-order valence-corrected chi connectivity index (χ2v) is 7.84. The normalized spacial score (nSPS) is 13.9. The van der Waals surface area contributed by atoms with E-state index in [9.17, 15) is 4.79 Å². The minimum atomic E-state index is -0.0726. The number of nitrogens with zero attached hydrogens (tertiary/aromatic N) is 2. The molecule has 5 nitrogen and oxygen atoms in total. The molecule has 0 unspecified atom stereocenters. The van der Waals surface area contributed by atoms with Gasteiger partial charge in [-0.15, -0.1) is 0 Å². The van der Waals surface area contributed by atoms with E-state index in [0.29, 0.717) is 12.1 Å². The molecule has 148 valence electrons. The van der Waals surface area contributed by atoms with E-state index in [4.69, 9.17) is 4.74 Å². The van der Waals surface area contributed by atoms with Gasteiger partial charge in [0.1, 0.15) is 5.03 Å². The summed E-state index contributed by atoms with van der Waals surface area (Å²) in [5.74, 6) is -0.0726. The molecule has 1 aliphatic heterocycles. The summed E-state index contributed by atoms with van der Waals surface area (Å²) in [4.78, 5) is 20.1. The molecule has 3 aromatic rings. The fourth-order valence-corrected chi connectivity index (χ4v) is 3.91. The van der Waals surface area contributed by atoms with Gasteiger partial charge >= 0.3 is 0 Å². The summed E-state index contributed by atoms with van der Waals surface area (Å²) in [6.45, 7) is 3.90. The molecule has 1 amide bonds. The van der Waals surface area contributed by atoms with Crippen molar-refractivity contribution >= 4 is 23.4 Å². The molecule has 1 saturated heterocycles. The monoisotopic (exact) mass is 405 g/mol. The Morgan fingerprint density at radius 3 is 2.45 bits per heavy atom. The number of benzene rings is 2. The average molecular weight is 406 g/mol. The van der Waals surface area contributed by atoms with Crippen molar-refractivity contribution < 1.29 is 9.53 Å². The number of ether oxygens (including phenoxy) is 1. The van der Waals surface area contributed by atoms with E-state index in [-0.39, 0.29) is 5.91 Å². The number of pyridine rings is 1. The molecule has 29 heavy (non-hydrogen) atoms. The number of hydrogen-bond donors (Lipinski definition) is 1. The molecule has 2 aromatic carbocycles. The van der Waals surface area contributed by atoms with Crippen LogP contribution >= 0.6 is 11.8 Å². The highest BCUT2D eigenvalue weighted by Gasteiger charge is 2.11. The Balaban J connectivity index is 1.30. The molecule has 1 aromatic heterocycles. The number of carbonyl (C=O) groups excluding carboxylic acids is 1. The van der Waals surface area contributed by atoms with E-state index in [1.54, 1.807) is 18.0 Å². The first-order valence-corrected chi connectivity index (χ1v) is 10.5. The van der Waals surface area contributed by atoms with Gasteiger partial charge in [0.15, 0.2) is 0 Å². The minimum absolute atomic E-state index is 0.0726. The van der Waals surface area contributed by atoms with E-state index in [0.717, 1.165) is 41.8 Å². The maximum absolute atomic E-state index is 12.4. The van der Waals surface area contributed by atoms with Crippen LogP contribution in [0.5, 0.6) is 0 Å². The van der Waals surface area contributed by atoms with Gasteiger partial charge in [0.05, 0.1) is 13.2 Å². The van der Waals surface area contributed by atoms with Crippen molar-refractivity contribution in [1.82, 2.24) is 10.3 Å². The predicted molar refractivity (Wildman–Crippen MR) is 115 cm³/mol. The Kier molecular flexibility index (Phi) is 6.44. The number of hydrogen-bond acceptors (Lipinski definition) is 5. The van der Waals surface area contributed by atoms with Gasteiger partial charge in [0.2, 0.25) is 0 Å². The van der Waals surface area contributed by atoms with Crippen LogP contribution in [-0.4, -0.2) is 37.2 Å². The highest BCUT2D eigenvalue weighted by Crippen LogP contribution is 2.25. The molecule has 0 atom stereocenters. The Labute approximate surface area is 175 Å². The van der Waals surface area contributed by atoms with Crippen molar-refractivity contribution in [3.05, 3.63) is 84.1 Å². The molecule has 0 saturated carbocycles. The first-order valence-electron chi connectivity index (χ1n) is 9.67. The topological polar surface area (TPSA) is 54.5 Å². The quantitative estimate of drug-likeness (QED) is 0.672. The molecule has 2 heterocycles. The zero-order valence-electron chi connectivity index (χ0n) is 16.1. The first kappa shape index (κ1) is 19.5. The Morgan fingerprint density at radius 1 is 1.00 bits per heavy atom. The zero-order chi connectivity index (χ0) is 19.9. The molecule has 1 aliphatic rings. The lowest BCUT2D eigenvalue weighted by molar-refractivity contribution is 0.0951. The van der Waals surface area contributed by atoms with Crippen LogP contribution in [0.15, 0.2) is 82.8 Å². The summed E-state index contributed by atoms with van der Waals surface area (Å²) in [7, 11) is 0. The maximum atomic E-state index is 12.4. The molecule has 0 radical (unpaired) electrons. The zero-order valence-corrected chi connectivity index (χ0v) is 16.9. The third-order valence-electron chi connectivity index (χ3n) is 4.74. The van der Waals surface area contributed by atoms with Crippen LogP contribution in [0.3, 0.4) is 0 Å². The van der Waals surface area contributed by atoms with Crippen molar-refractivity contribution in [3.8, 4) is 0 Å². The van der Waals surface area contributed by atoms with E-state index in [1.807, 2.05) is 42.5 Å². The van der Waals surface area contributed by atoms with Crippen molar-refractivity contribution in [2.45, 2.75) is 16.5 Å². The van der Waals surface area contributed by atoms with Gasteiger partial charge in [0, 0.05) is 42.0 Å². The number of aromatic nitrogens is 1. The van der Waals surface area contributed by atoms with Gasteiger partial charge < -0.3 is 15.0 Å². The molecule has 1 N–H and O–H groups in total. The lowest BCUT2D eigenvalue weighted by Gasteiger charge is -2.28. The Hall–Kier alpha value is -2.83. The van der Waals surface area contributed by atoms with Crippen molar-refractivity contribution in [3.63, 3.8) is 0 Å². The van der Waals surface area contributed by atoms with E-state index in [1.165, 1.54) is 5.69 Å². The van der Waals surface area contributed by atoms with Crippen LogP contribution in [0, 0.1) is 0 Å². The van der Waals surface area contributed by atoms with Crippen molar-refractivity contribution in [2.24, 2.45) is 0 Å². The molecule has 0 bridgehead atoms. The third-order valence-corrected chi connectivity index (χ3v) is 5.70. The first-order chi connectivity index (χ1) is 14.3. The SMILES string of the molecule is O=C(NCc1ccc(N2CCOCC2)cc1)c1ccc(Sc2ccccn2)cc1. The third kappa shape index (κ3) is 5.37. The molecule has 4 rings (SSSR count). The summed E-state index contributed by atoms with van der Waals surface area (Å²) in [5, 5.41) is 3.93. The van der Waals surface area contributed by atoms with Crippen LogP contribution in [0.25, 0.3) is 0 Å². The van der Waals surface area contributed by atoms with Gasteiger partial charge in [-0.05, 0) is 54.1 Å². The smallest absolute Gasteiger partial charge is 0.251 e. The number of anilines is 1. The average Bonchev–Trinajstić information content (AvgIpc) is 2.80. The highest BCUT2D eigenvalue weighted by molar-refractivity contribution is 7.99. The second-order valence-electron chi connectivity index (χ2n) is 6.74. The largest absolute Gasteiger partial charge is 0.378 e. The highest BCUT2D eigenvalue weighted by atomic mass is 32.2. The summed E-state index contributed by atoms with van der Waals surface area (Å²) in [6, 6.07) is 21.8. The van der Waals surface area contributed by atoms with Crippen LogP contribution in [0.4, 0.5) is 5.69 Å². The summed E-state index contributed by atoms with van der Waals surface area (Å²) < 4.78 is 5.40. The number of carbonyl (C=O) groups is 1. The van der Waals surface area contributed by atoms with Gasteiger partial charge in [-0.2, -0.15) is 0 Å². The summed E-state index contributed by atoms with van der Waals surface area (Å²) in [5.41, 5.74) is 2.93. The Bertz CT molecular complexity index is 925.